The molecule has 22 heavy (non-hydrogen) atoms. The fourth-order valence-corrected chi connectivity index (χ4v) is 2.32. The van der Waals surface area contributed by atoms with Crippen molar-refractivity contribution in [3.05, 3.63) is 83.9 Å². The molecule has 0 saturated carbocycles. The number of rotatable bonds is 4. The van der Waals surface area contributed by atoms with Crippen molar-refractivity contribution >= 4 is 16.5 Å². The summed E-state index contributed by atoms with van der Waals surface area (Å²) in [6.45, 7) is 0.333. The Kier molecular flexibility index (Phi) is 4.12. The van der Waals surface area contributed by atoms with Crippen LogP contribution in [0.2, 0.25) is 0 Å². The molecule has 0 aromatic heterocycles. The van der Waals surface area contributed by atoms with Crippen LogP contribution < -0.4 is 0 Å². The lowest BCUT2D eigenvalue weighted by atomic mass is 10.1. The summed E-state index contributed by atoms with van der Waals surface area (Å²) in [6, 6.07) is 25.6. The van der Waals surface area contributed by atoms with Gasteiger partial charge in [-0.25, -0.2) is 0 Å². The van der Waals surface area contributed by atoms with E-state index in [1.165, 1.54) is 0 Å². The highest BCUT2D eigenvalue weighted by Crippen LogP contribution is 2.19. The zero-order valence-electron chi connectivity index (χ0n) is 11.9. The maximum Gasteiger partial charge on any atom is 0.186 e. The Morgan fingerprint density at radius 1 is 0.909 bits per heavy atom. The van der Waals surface area contributed by atoms with E-state index in [0.29, 0.717) is 6.61 Å². The molecule has 3 rings (SSSR count). The number of hydrogen-bond donors (Lipinski definition) is 0. The molecule has 0 fully saturated rings. The molecule has 0 aliphatic heterocycles. The van der Waals surface area contributed by atoms with Gasteiger partial charge in [0.05, 0.1) is 0 Å². The summed E-state index contributed by atoms with van der Waals surface area (Å²) in [5.41, 5.74) is 2.08. The van der Waals surface area contributed by atoms with Gasteiger partial charge < -0.3 is 4.84 Å². The van der Waals surface area contributed by atoms with Crippen LogP contribution in [0.15, 0.2) is 78.0 Å². The normalized spacial score (nSPS) is 11.1. The van der Waals surface area contributed by atoms with Crippen LogP contribution in [0, 0.1) is 11.3 Å². The van der Waals surface area contributed by atoms with Crippen LogP contribution in [0.5, 0.6) is 0 Å². The van der Waals surface area contributed by atoms with Crippen LogP contribution >= 0.6 is 0 Å². The highest BCUT2D eigenvalue weighted by Gasteiger charge is 2.03. The Balaban J connectivity index is 1.80. The van der Waals surface area contributed by atoms with E-state index >= 15 is 0 Å². The average molecular weight is 286 g/mol. The molecule has 0 bridgehead atoms. The van der Waals surface area contributed by atoms with Crippen molar-refractivity contribution in [3.63, 3.8) is 0 Å². The summed E-state index contributed by atoms with van der Waals surface area (Å²) in [5, 5.41) is 15.5. The van der Waals surface area contributed by atoms with Crippen LogP contribution in [-0.2, 0) is 11.4 Å². The van der Waals surface area contributed by atoms with Crippen LogP contribution in [0.4, 0.5) is 0 Å². The molecule has 0 aliphatic rings. The molecular formula is C19H14N2O. The molecule has 3 nitrogen and oxygen atoms in total. The van der Waals surface area contributed by atoms with Gasteiger partial charge in [0.15, 0.2) is 5.71 Å². The van der Waals surface area contributed by atoms with Gasteiger partial charge in [-0.1, -0.05) is 78.0 Å². The van der Waals surface area contributed by atoms with Gasteiger partial charge in [-0.05, 0) is 16.3 Å². The fourth-order valence-electron chi connectivity index (χ4n) is 2.32. The van der Waals surface area contributed by atoms with Gasteiger partial charge >= 0.3 is 0 Å². The maximum absolute atomic E-state index is 9.19. The molecule has 0 spiro atoms. The topological polar surface area (TPSA) is 45.4 Å². The van der Waals surface area contributed by atoms with Crippen molar-refractivity contribution in [1.82, 2.24) is 0 Å². The molecule has 3 aromatic rings. The molecule has 0 aliphatic carbocycles. The zero-order valence-corrected chi connectivity index (χ0v) is 11.9. The number of oxime groups is 1. The van der Waals surface area contributed by atoms with Gasteiger partial charge in [0.1, 0.15) is 12.7 Å². The van der Waals surface area contributed by atoms with Crippen molar-refractivity contribution in [3.8, 4) is 6.07 Å². The summed E-state index contributed by atoms with van der Waals surface area (Å²) in [4.78, 5) is 5.40. The fraction of sp³-hybridized carbons (Fsp3) is 0.0526. The molecule has 0 N–H and O–H groups in total. The SMILES string of the molecule is N#C/C(=N\OCc1cccc2ccccc12)c1ccccc1. The number of benzene rings is 3. The second-order valence-electron chi connectivity index (χ2n) is 4.83. The Morgan fingerprint density at radius 3 is 2.45 bits per heavy atom. The minimum Gasteiger partial charge on any atom is -0.390 e. The van der Waals surface area contributed by atoms with Crippen LogP contribution in [-0.4, -0.2) is 5.71 Å². The van der Waals surface area contributed by atoms with Crippen molar-refractivity contribution in [2.24, 2.45) is 5.16 Å². The molecular weight excluding hydrogens is 272 g/mol. The largest absolute Gasteiger partial charge is 0.390 e. The molecule has 106 valence electrons. The van der Waals surface area contributed by atoms with Gasteiger partial charge in [-0.3, -0.25) is 0 Å². The number of nitriles is 1. The van der Waals surface area contributed by atoms with Crippen molar-refractivity contribution in [2.45, 2.75) is 6.61 Å². The molecule has 0 amide bonds. The van der Waals surface area contributed by atoms with E-state index in [-0.39, 0.29) is 5.71 Å². The Morgan fingerprint density at radius 2 is 1.64 bits per heavy atom. The van der Waals surface area contributed by atoms with E-state index in [1.807, 2.05) is 54.6 Å². The van der Waals surface area contributed by atoms with Crippen LogP contribution in [0.25, 0.3) is 10.8 Å². The lowest BCUT2D eigenvalue weighted by Crippen LogP contribution is -1.99. The first-order valence-electron chi connectivity index (χ1n) is 7.00. The third kappa shape index (κ3) is 2.97. The number of fused-ring (bicyclic) bond motifs is 1. The van der Waals surface area contributed by atoms with E-state index in [4.69, 9.17) is 4.84 Å². The molecule has 3 heteroatoms. The monoisotopic (exact) mass is 286 g/mol. The van der Waals surface area contributed by atoms with Crippen molar-refractivity contribution in [1.29, 1.82) is 5.26 Å². The van der Waals surface area contributed by atoms with Crippen LogP contribution in [0.3, 0.4) is 0 Å². The lowest BCUT2D eigenvalue weighted by molar-refractivity contribution is 0.132. The molecule has 0 unspecified atom stereocenters. The Labute approximate surface area is 129 Å². The predicted octanol–water partition coefficient (Wildman–Crippen LogP) is 4.28. The highest BCUT2D eigenvalue weighted by molar-refractivity contribution is 6.11. The summed E-state index contributed by atoms with van der Waals surface area (Å²) >= 11 is 0. The molecule has 0 saturated heterocycles. The van der Waals surface area contributed by atoms with Crippen LogP contribution in [0.1, 0.15) is 11.1 Å². The third-order valence-corrected chi connectivity index (χ3v) is 3.41. The lowest BCUT2D eigenvalue weighted by Gasteiger charge is -2.05. The molecule has 3 aromatic carbocycles. The van der Waals surface area contributed by atoms with Gasteiger partial charge in [0.2, 0.25) is 0 Å². The zero-order chi connectivity index (χ0) is 15.2. The summed E-state index contributed by atoms with van der Waals surface area (Å²) < 4.78 is 0. The van der Waals surface area contributed by atoms with E-state index in [0.717, 1.165) is 21.9 Å². The summed E-state index contributed by atoms with van der Waals surface area (Å²) in [7, 11) is 0. The second-order valence-corrected chi connectivity index (χ2v) is 4.83. The third-order valence-electron chi connectivity index (χ3n) is 3.41. The van der Waals surface area contributed by atoms with Crippen molar-refractivity contribution in [2.75, 3.05) is 0 Å². The summed E-state index contributed by atoms with van der Waals surface area (Å²) in [5.74, 6) is 0. The quantitative estimate of drug-likeness (QED) is 0.530. The average Bonchev–Trinajstić information content (AvgIpc) is 2.59. The van der Waals surface area contributed by atoms with Gasteiger partial charge in [-0.15, -0.1) is 0 Å². The minimum absolute atomic E-state index is 0.279. The Bertz CT molecular complexity index is 843. The Hall–Kier alpha value is -3.12. The number of nitrogens with zero attached hydrogens (tertiary/aromatic N) is 2. The highest BCUT2D eigenvalue weighted by atomic mass is 16.6. The summed E-state index contributed by atoms with van der Waals surface area (Å²) in [6.07, 6.45) is 0. The molecule has 0 atom stereocenters. The first-order chi connectivity index (χ1) is 10.9. The number of hydrogen-bond acceptors (Lipinski definition) is 3. The molecule has 0 radical (unpaired) electrons. The van der Waals surface area contributed by atoms with Gasteiger partial charge in [0, 0.05) is 5.56 Å². The van der Waals surface area contributed by atoms with E-state index in [9.17, 15) is 5.26 Å². The van der Waals surface area contributed by atoms with Gasteiger partial charge in [0.25, 0.3) is 0 Å². The van der Waals surface area contributed by atoms with E-state index < -0.39 is 0 Å². The van der Waals surface area contributed by atoms with E-state index in [2.05, 4.69) is 29.4 Å². The standard InChI is InChI=1S/C19H14N2O/c20-13-19(16-8-2-1-3-9-16)21-22-14-17-11-6-10-15-7-4-5-12-18(15)17/h1-12H,14H2/b21-19+. The first-order valence-corrected chi connectivity index (χ1v) is 7.00. The molecule has 0 heterocycles. The predicted molar refractivity (Wildman–Crippen MR) is 87.3 cm³/mol. The maximum atomic E-state index is 9.19. The first kappa shape index (κ1) is 13.8. The van der Waals surface area contributed by atoms with E-state index in [1.54, 1.807) is 0 Å². The van der Waals surface area contributed by atoms with Gasteiger partial charge in [-0.2, -0.15) is 5.26 Å². The van der Waals surface area contributed by atoms with Crippen molar-refractivity contribution < 1.29 is 4.84 Å². The smallest absolute Gasteiger partial charge is 0.186 e. The minimum atomic E-state index is 0.279. The second kappa shape index (κ2) is 6.55.